The molecule has 0 radical (unpaired) electrons. The molecule has 21 heavy (non-hydrogen) atoms. The van der Waals surface area contributed by atoms with Gasteiger partial charge in [-0.25, -0.2) is 0 Å². The summed E-state index contributed by atoms with van der Waals surface area (Å²) in [5.41, 5.74) is 4.40. The van der Waals surface area contributed by atoms with Crippen molar-refractivity contribution in [2.75, 3.05) is 38.1 Å². The van der Waals surface area contributed by atoms with Gasteiger partial charge in [-0.1, -0.05) is 19.1 Å². The molecule has 116 valence electrons. The van der Waals surface area contributed by atoms with Crippen molar-refractivity contribution in [2.24, 2.45) is 0 Å². The minimum atomic E-state index is 0.664. The van der Waals surface area contributed by atoms with Crippen LogP contribution in [0.5, 0.6) is 0 Å². The summed E-state index contributed by atoms with van der Waals surface area (Å²) in [6.07, 6.45) is 5.18. The first-order chi connectivity index (χ1) is 10.3. The molecule has 0 amide bonds. The second kappa shape index (κ2) is 6.80. The van der Waals surface area contributed by atoms with Gasteiger partial charge < -0.3 is 15.1 Å². The second-order valence-corrected chi connectivity index (χ2v) is 6.60. The number of anilines is 1. The zero-order valence-electron chi connectivity index (χ0n) is 13.6. The zero-order valence-corrected chi connectivity index (χ0v) is 13.6. The summed E-state index contributed by atoms with van der Waals surface area (Å²) in [5.74, 6) is 0. The summed E-state index contributed by atoms with van der Waals surface area (Å²) >= 11 is 0. The van der Waals surface area contributed by atoms with Gasteiger partial charge in [0, 0.05) is 38.4 Å². The van der Waals surface area contributed by atoms with Crippen molar-refractivity contribution in [3.05, 3.63) is 29.3 Å². The molecular weight excluding hydrogens is 258 g/mol. The first-order valence-corrected chi connectivity index (χ1v) is 8.55. The molecule has 3 nitrogen and oxygen atoms in total. The highest BCUT2D eigenvalue weighted by Gasteiger charge is 2.18. The predicted octanol–water partition coefficient (Wildman–Crippen LogP) is 2.64. The molecule has 1 aromatic carbocycles. The standard InChI is InChI=1S/C18H29N3/c1-3-21-11-5-7-17(14-21)19-13-15-8-9-18-16(12-15)6-4-10-20(18)2/h8-9,12,17,19H,3-7,10-11,13-14H2,1-2H3. The quantitative estimate of drug-likeness (QED) is 0.918. The Morgan fingerprint density at radius 1 is 1.24 bits per heavy atom. The maximum Gasteiger partial charge on any atom is 0.0396 e. The fraction of sp³-hybridized carbons (Fsp3) is 0.667. The molecule has 2 aliphatic rings. The minimum Gasteiger partial charge on any atom is -0.374 e. The molecule has 3 rings (SSSR count). The SMILES string of the molecule is CCN1CCCC(NCc2ccc3c(c2)CCCN3C)C1. The Hall–Kier alpha value is -1.06. The van der Waals surface area contributed by atoms with Gasteiger partial charge in [-0.05, 0) is 56.0 Å². The maximum atomic E-state index is 3.76. The lowest BCUT2D eigenvalue weighted by molar-refractivity contribution is 0.198. The molecule has 1 atom stereocenters. The van der Waals surface area contributed by atoms with Gasteiger partial charge in [-0.15, -0.1) is 0 Å². The van der Waals surface area contributed by atoms with Crippen molar-refractivity contribution in [1.82, 2.24) is 10.2 Å². The minimum absolute atomic E-state index is 0.664. The number of hydrogen-bond acceptors (Lipinski definition) is 3. The van der Waals surface area contributed by atoms with E-state index in [0.717, 1.165) is 6.54 Å². The first kappa shape index (κ1) is 14.9. The van der Waals surface area contributed by atoms with Crippen molar-refractivity contribution in [1.29, 1.82) is 0 Å². The van der Waals surface area contributed by atoms with E-state index in [-0.39, 0.29) is 0 Å². The molecule has 0 saturated carbocycles. The summed E-state index contributed by atoms with van der Waals surface area (Å²) in [6.45, 7) is 8.15. The van der Waals surface area contributed by atoms with E-state index in [1.54, 1.807) is 0 Å². The van der Waals surface area contributed by atoms with Gasteiger partial charge >= 0.3 is 0 Å². The predicted molar refractivity (Wildman–Crippen MR) is 90.0 cm³/mol. The highest BCUT2D eigenvalue weighted by atomic mass is 15.2. The Morgan fingerprint density at radius 3 is 3.00 bits per heavy atom. The molecule has 0 aliphatic carbocycles. The van der Waals surface area contributed by atoms with Crippen LogP contribution in [0.25, 0.3) is 0 Å². The third-order valence-electron chi connectivity index (χ3n) is 5.04. The second-order valence-electron chi connectivity index (χ2n) is 6.60. The van der Waals surface area contributed by atoms with E-state index in [4.69, 9.17) is 0 Å². The normalized spacial score (nSPS) is 23.1. The summed E-state index contributed by atoms with van der Waals surface area (Å²) in [6, 6.07) is 7.69. The third kappa shape index (κ3) is 3.58. The van der Waals surface area contributed by atoms with Crippen LogP contribution in [0.1, 0.15) is 37.3 Å². The number of fused-ring (bicyclic) bond motifs is 1. The Kier molecular flexibility index (Phi) is 4.81. The average Bonchev–Trinajstić information content (AvgIpc) is 2.53. The number of likely N-dealkylation sites (tertiary alicyclic amines) is 1. The number of piperidine rings is 1. The Bertz CT molecular complexity index is 472. The van der Waals surface area contributed by atoms with Gasteiger partial charge in [0.2, 0.25) is 0 Å². The maximum absolute atomic E-state index is 3.76. The van der Waals surface area contributed by atoms with Gasteiger partial charge in [0.25, 0.3) is 0 Å². The Labute approximate surface area is 129 Å². The largest absolute Gasteiger partial charge is 0.374 e. The van der Waals surface area contributed by atoms with Crippen LogP contribution in [0.3, 0.4) is 0 Å². The van der Waals surface area contributed by atoms with Gasteiger partial charge in [0.15, 0.2) is 0 Å². The van der Waals surface area contributed by atoms with Crippen molar-refractivity contribution in [3.63, 3.8) is 0 Å². The van der Waals surface area contributed by atoms with E-state index in [2.05, 4.69) is 47.3 Å². The molecule has 1 fully saturated rings. The molecule has 1 N–H and O–H groups in total. The Morgan fingerprint density at radius 2 is 2.14 bits per heavy atom. The smallest absolute Gasteiger partial charge is 0.0396 e. The van der Waals surface area contributed by atoms with Crippen molar-refractivity contribution in [2.45, 2.75) is 45.2 Å². The van der Waals surface area contributed by atoms with Crippen LogP contribution in [0.2, 0.25) is 0 Å². The highest BCUT2D eigenvalue weighted by molar-refractivity contribution is 5.56. The van der Waals surface area contributed by atoms with Gasteiger partial charge in [0.05, 0.1) is 0 Å². The molecule has 1 saturated heterocycles. The summed E-state index contributed by atoms with van der Waals surface area (Å²) in [4.78, 5) is 4.94. The topological polar surface area (TPSA) is 18.5 Å². The zero-order chi connectivity index (χ0) is 14.7. The molecule has 0 aromatic heterocycles. The molecule has 3 heteroatoms. The van der Waals surface area contributed by atoms with Gasteiger partial charge in [-0.3, -0.25) is 0 Å². The van der Waals surface area contributed by atoms with Crippen LogP contribution in [0.4, 0.5) is 5.69 Å². The third-order valence-corrected chi connectivity index (χ3v) is 5.04. The summed E-state index contributed by atoms with van der Waals surface area (Å²) < 4.78 is 0. The summed E-state index contributed by atoms with van der Waals surface area (Å²) in [5, 5.41) is 3.76. The van der Waals surface area contributed by atoms with Crippen LogP contribution < -0.4 is 10.2 Å². The molecule has 1 unspecified atom stereocenters. The van der Waals surface area contributed by atoms with E-state index < -0.39 is 0 Å². The van der Waals surface area contributed by atoms with Gasteiger partial charge in [-0.2, -0.15) is 0 Å². The summed E-state index contributed by atoms with van der Waals surface area (Å²) in [7, 11) is 2.21. The number of benzene rings is 1. The van der Waals surface area contributed by atoms with Crippen LogP contribution >= 0.6 is 0 Å². The number of nitrogens with zero attached hydrogens (tertiary/aromatic N) is 2. The molecular formula is C18H29N3. The van der Waals surface area contributed by atoms with E-state index in [0.29, 0.717) is 6.04 Å². The lowest BCUT2D eigenvalue weighted by Gasteiger charge is -2.32. The number of nitrogens with one attached hydrogen (secondary N) is 1. The van der Waals surface area contributed by atoms with Crippen LogP contribution in [-0.2, 0) is 13.0 Å². The number of likely N-dealkylation sites (N-methyl/N-ethyl adjacent to an activating group) is 1. The lowest BCUT2D eigenvalue weighted by Crippen LogP contribution is -2.45. The monoisotopic (exact) mass is 287 g/mol. The fourth-order valence-corrected chi connectivity index (χ4v) is 3.72. The van der Waals surface area contributed by atoms with E-state index in [9.17, 15) is 0 Å². The molecule has 0 bridgehead atoms. The fourth-order valence-electron chi connectivity index (χ4n) is 3.72. The van der Waals surface area contributed by atoms with Crippen molar-refractivity contribution < 1.29 is 0 Å². The van der Waals surface area contributed by atoms with Crippen molar-refractivity contribution >= 4 is 5.69 Å². The molecule has 2 heterocycles. The van der Waals surface area contributed by atoms with Crippen LogP contribution in [0.15, 0.2) is 18.2 Å². The average molecular weight is 287 g/mol. The van der Waals surface area contributed by atoms with Crippen LogP contribution in [-0.4, -0.2) is 44.2 Å². The van der Waals surface area contributed by atoms with Gasteiger partial charge in [0.1, 0.15) is 0 Å². The van der Waals surface area contributed by atoms with Crippen molar-refractivity contribution in [3.8, 4) is 0 Å². The van der Waals surface area contributed by atoms with Crippen LogP contribution in [0, 0.1) is 0 Å². The van der Waals surface area contributed by atoms with E-state index >= 15 is 0 Å². The Balaban J connectivity index is 1.58. The van der Waals surface area contributed by atoms with E-state index in [1.807, 2.05) is 0 Å². The molecule has 1 aromatic rings. The van der Waals surface area contributed by atoms with E-state index in [1.165, 1.54) is 68.7 Å². The number of aryl methyl sites for hydroxylation is 1. The lowest BCUT2D eigenvalue weighted by atomic mass is 9.99. The number of rotatable bonds is 4. The number of hydrogen-bond donors (Lipinski definition) is 1. The molecule has 2 aliphatic heterocycles. The highest BCUT2D eigenvalue weighted by Crippen LogP contribution is 2.26. The first-order valence-electron chi connectivity index (χ1n) is 8.55. The molecule has 0 spiro atoms.